The number of hydrazone groups is 1. The van der Waals surface area contributed by atoms with Gasteiger partial charge in [-0.15, -0.1) is 0 Å². The molecule has 5 N–H and O–H groups in total. The molecule has 0 atom stereocenters. The number of guanidine groups is 1. The van der Waals surface area contributed by atoms with Crippen LogP contribution >= 0.6 is 0 Å². The smallest absolute Gasteiger partial charge is 0.206 e. The van der Waals surface area contributed by atoms with Gasteiger partial charge in [-0.2, -0.15) is 5.10 Å². The summed E-state index contributed by atoms with van der Waals surface area (Å²) in [5.74, 6) is -0.130. The minimum atomic E-state index is -0.130. The van der Waals surface area contributed by atoms with Crippen molar-refractivity contribution in [2.45, 2.75) is 19.3 Å². The number of para-hydroxylation sites is 1. The van der Waals surface area contributed by atoms with Gasteiger partial charge in [0.1, 0.15) is 0 Å². The van der Waals surface area contributed by atoms with Gasteiger partial charge in [0, 0.05) is 22.2 Å². The maximum atomic E-state index is 7.17. The molecule has 18 heavy (non-hydrogen) atoms. The average Bonchev–Trinajstić information content (AvgIpc) is 2.75. The van der Waals surface area contributed by atoms with Crippen molar-refractivity contribution in [3.63, 3.8) is 0 Å². The summed E-state index contributed by atoms with van der Waals surface area (Å²) in [7, 11) is 0. The zero-order valence-electron chi connectivity index (χ0n) is 9.96. The van der Waals surface area contributed by atoms with Gasteiger partial charge in [-0.25, -0.2) is 5.43 Å². The summed E-state index contributed by atoms with van der Waals surface area (Å²) in [5.41, 5.74) is 12.3. The lowest BCUT2D eigenvalue weighted by atomic mass is 9.94. The molecule has 1 aliphatic rings. The van der Waals surface area contributed by atoms with E-state index in [1.807, 2.05) is 12.1 Å². The van der Waals surface area contributed by atoms with E-state index in [-0.39, 0.29) is 5.96 Å². The van der Waals surface area contributed by atoms with Crippen molar-refractivity contribution >= 4 is 22.6 Å². The highest BCUT2D eigenvalue weighted by Crippen LogP contribution is 2.29. The fraction of sp³-hybridized carbons (Fsp3) is 0.231. The molecule has 1 aromatic carbocycles. The summed E-state index contributed by atoms with van der Waals surface area (Å²) in [6, 6.07) is 8.22. The predicted molar refractivity (Wildman–Crippen MR) is 72.8 cm³/mol. The summed E-state index contributed by atoms with van der Waals surface area (Å²) in [5, 5.41) is 12.6. The average molecular weight is 241 g/mol. The Kier molecular flexibility index (Phi) is 2.51. The van der Waals surface area contributed by atoms with Crippen LogP contribution in [0.2, 0.25) is 0 Å². The van der Waals surface area contributed by atoms with Crippen LogP contribution in [-0.4, -0.2) is 16.7 Å². The lowest BCUT2D eigenvalue weighted by Gasteiger charge is -2.14. The van der Waals surface area contributed by atoms with Gasteiger partial charge in [-0.3, -0.25) is 5.41 Å². The van der Waals surface area contributed by atoms with Crippen molar-refractivity contribution in [3.05, 3.63) is 35.5 Å². The topological polar surface area (TPSA) is 90.1 Å². The first-order valence-electron chi connectivity index (χ1n) is 6.02. The van der Waals surface area contributed by atoms with Crippen LogP contribution < -0.4 is 11.2 Å². The van der Waals surface area contributed by atoms with E-state index in [4.69, 9.17) is 11.1 Å². The molecule has 1 heterocycles. The molecule has 0 bridgehead atoms. The van der Waals surface area contributed by atoms with Gasteiger partial charge >= 0.3 is 0 Å². The Bertz CT molecular complexity index is 638. The van der Waals surface area contributed by atoms with Gasteiger partial charge in [0.2, 0.25) is 5.96 Å². The van der Waals surface area contributed by atoms with Crippen molar-refractivity contribution in [3.8, 4) is 0 Å². The number of rotatable bonds is 1. The summed E-state index contributed by atoms with van der Waals surface area (Å²) in [6.07, 6.45) is 3.02. The fourth-order valence-electron chi connectivity index (χ4n) is 2.51. The number of hydrogen-bond donors (Lipinski definition) is 4. The third-order valence-corrected chi connectivity index (χ3v) is 3.22. The van der Waals surface area contributed by atoms with Crippen LogP contribution in [0.25, 0.3) is 10.9 Å². The fourth-order valence-corrected chi connectivity index (χ4v) is 2.51. The molecule has 1 aromatic heterocycles. The number of fused-ring (bicyclic) bond motifs is 3. The molecule has 0 saturated heterocycles. The van der Waals surface area contributed by atoms with E-state index in [2.05, 4.69) is 27.6 Å². The highest BCUT2D eigenvalue weighted by atomic mass is 15.3. The Hall–Kier alpha value is -2.30. The van der Waals surface area contributed by atoms with E-state index in [1.54, 1.807) is 0 Å². The van der Waals surface area contributed by atoms with Gasteiger partial charge in [-0.05, 0) is 25.3 Å². The number of nitrogens with zero attached hydrogens (tertiary/aromatic N) is 1. The second-order valence-electron chi connectivity index (χ2n) is 4.46. The second kappa shape index (κ2) is 4.18. The first-order valence-corrected chi connectivity index (χ1v) is 6.02. The van der Waals surface area contributed by atoms with E-state index in [1.165, 1.54) is 16.6 Å². The maximum absolute atomic E-state index is 7.17. The van der Waals surface area contributed by atoms with Crippen LogP contribution in [0.4, 0.5) is 0 Å². The van der Waals surface area contributed by atoms with E-state index < -0.39 is 0 Å². The van der Waals surface area contributed by atoms with Gasteiger partial charge in [0.05, 0.1) is 5.71 Å². The Labute approximate surface area is 105 Å². The molecule has 0 saturated carbocycles. The number of nitrogens with one attached hydrogen (secondary N) is 3. The lowest BCUT2D eigenvalue weighted by Crippen LogP contribution is -2.27. The van der Waals surface area contributed by atoms with Crippen molar-refractivity contribution in [1.82, 2.24) is 10.4 Å². The standard InChI is InChI=1S/C13H15N5/c14-13(15)18-17-11-7-3-6-10-12(11)8-4-1-2-5-9(8)16-10/h1-2,4-5,16H,3,6-7H2,(H4,14,15,18). The molecule has 1 aliphatic carbocycles. The van der Waals surface area contributed by atoms with Crippen molar-refractivity contribution in [1.29, 1.82) is 5.41 Å². The summed E-state index contributed by atoms with van der Waals surface area (Å²) >= 11 is 0. The van der Waals surface area contributed by atoms with Gasteiger partial charge in [0.15, 0.2) is 0 Å². The molecule has 0 amide bonds. The monoisotopic (exact) mass is 241 g/mol. The van der Waals surface area contributed by atoms with E-state index in [0.717, 1.165) is 30.5 Å². The lowest BCUT2D eigenvalue weighted by molar-refractivity contribution is 0.811. The molecule has 92 valence electrons. The Morgan fingerprint density at radius 1 is 1.33 bits per heavy atom. The van der Waals surface area contributed by atoms with Crippen molar-refractivity contribution in [2.24, 2.45) is 10.8 Å². The zero-order valence-corrected chi connectivity index (χ0v) is 9.96. The van der Waals surface area contributed by atoms with Crippen molar-refractivity contribution < 1.29 is 0 Å². The molecule has 0 fully saturated rings. The Morgan fingerprint density at radius 3 is 3.00 bits per heavy atom. The quantitative estimate of drug-likeness (QED) is 0.347. The molecule has 3 rings (SSSR count). The first-order chi connectivity index (χ1) is 8.75. The second-order valence-corrected chi connectivity index (χ2v) is 4.46. The molecular weight excluding hydrogens is 226 g/mol. The number of hydrogen-bond acceptors (Lipinski definition) is 2. The molecule has 0 unspecified atom stereocenters. The highest BCUT2D eigenvalue weighted by molar-refractivity contribution is 6.12. The molecule has 0 spiro atoms. The van der Waals surface area contributed by atoms with Crippen LogP contribution in [0.3, 0.4) is 0 Å². The van der Waals surface area contributed by atoms with Gasteiger partial charge < -0.3 is 10.7 Å². The van der Waals surface area contributed by atoms with Crippen LogP contribution in [-0.2, 0) is 6.42 Å². The summed E-state index contributed by atoms with van der Waals surface area (Å²) < 4.78 is 0. The molecule has 5 nitrogen and oxygen atoms in total. The molecule has 0 radical (unpaired) electrons. The normalized spacial score (nSPS) is 16.8. The minimum absolute atomic E-state index is 0.130. The van der Waals surface area contributed by atoms with Crippen LogP contribution in [0.15, 0.2) is 29.4 Å². The van der Waals surface area contributed by atoms with Gasteiger partial charge in [-0.1, -0.05) is 18.2 Å². The largest absolute Gasteiger partial charge is 0.369 e. The number of aromatic nitrogens is 1. The number of aryl methyl sites for hydroxylation is 1. The van der Waals surface area contributed by atoms with Crippen LogP contribution in [0, 0.1) is 5.41 Å². The Morgan fingerprint density at radius 2 is 2.17 bits per heavy atom. The third kappa shape index (κ3) is 1.73. The van der Waals surface area contributed by atoms with E-state index in [9.17, 15) is 0 Å². The summed E-state index contributed by atoms with van der Waals surface area (Å²) in [4.78, 5) is 3.44. The number of aromatic amines is 1. The predicted octanol–water partition coefficient (Wildman–Crippen LogP) is 1.69. The molecule has 0 aliphatic heterocycles. The number of nitrogens with two attached hydrogens (primary N) is 1. The summed E-state index contributed by atoms with van der Waals surface area (Å²) in [6.45, 7) is 0. The highest BCUT2D eigenvalue weighted by Gasteiger charge is 2.20. The Balaban J connectivity index is 2.14. The molecular formula is C13H15N5. The van der Waals surface area contributed by atoms with Crippen LogP contribution in [0.5, 0.6) is 0 Å². The van der Waals surface area contributed by atoms with Gasteiger partial charge in [0.25, 0.3) is 0 Å². The number of benzene rings is 1. The third-order valence-electron chi connectivity index (χ3n) is 3.22. The zero-order chi connectivity index (χ0) is 12.5. The molecule has 2 aromatic rings. The number of H-pyrrole nitrogens is 1. The van der Waals surface area contributed by atoms with E-state index >= 15 is 0 Å². The maximum Gasteiger partial charge on any atom is 0.206 e. The van der Waals surface area contributed by atoms with E-state index in [0.29, 0.717) is 0 Å². The van der Waals surface area contributed by atoms with Crippen molar-refractivity contribution in [2.75, 3.05) is 0 Å². The minimum Gasteiger partial charge on any atom is -0.369 e. The molecule has 5 heteroatoms. The SMILES string of the molecule is N=C(N)NN=C1CCCc2[nH]c3ccccc3c21. The first kappa shape index (κ1) is 10.8. The van der Waals surface area contributed by atoms with Crippen LogP contribution in [0.1, 0.15) is 24.1 Å².